The lowest BCUT2D eigenvalue weighted by molar-refractivity contribution is -0.136. The van der Waals surface area contributed by atoms with Crippen LogP contribution in [-0.4, -0.2) is 24.6 Å². The van der Waals surface area contributed by atoms with Crippen molar-refractivity contribution in [2.45, 2.75) is 38.5 Å². The van der Waals surface area contributed by atoms with Crippen molar-refractivity contribution in [1.82, 2.24) is 0 Å². The molecule has 0 bridgehead atoms. The molecule has 0 spiro atoms. The molecule has 1 fully saturated rings. The van der Waals surface area contributed by atoms with E-state index in [2.05, 4.69) is 5.32 Å². The maximum atomic E-state index is 13.8. The van der Waals surface area contributed by atoms with Crippen LogP contribution in [0.2, 0.25) is 5.02 Å². The van der Waals surface area contributed by atoms with Gasteiger partial charge in [-0.25, -0.2) is 0 Å². The van der Waals surface area contributed by atoms with Gasteiger partial charge in [0.25, 0.3) is 0 Å². The lowest BCUT2D eigenvalue weighted by Crippen LogP contribution is -2.46. The minimum absolute atomic E-state index is 0.0669. The maximum absolute atomic E-state index is 13.8. The molecule has 0 atom stereocenters. The summed E-state index contributed by atoms with van der Waals surface area (Å²) in [7, 11) is 0. The first-order chi connectivity index (χ1) is 13.6. The predicted octanol–water partition coefficient (Wildman–Crippen LogP) is 5.76. The number of carbonyl (C=O) groups excluding carboxylic acids is 1. The topological polar surface area (TPSA) is 41.6 Å². The number of carbonyl (C=O) groups is 1. The number of benzene rings is 2. The summed E-state index contributed by atoms with van der Waals surface area (Å²) in [5.74, 6) is 0.129. The van der Waals surface area contributed by atoms with E-state index in [0.29, 0.717) is 36.7 Å². The Bertz CT molecular complexity index is 876. The van der Waals surface area contributed by atoms with Crippen molar-refractivity contribution in [1.29, 1.82) is 0 Å². The number of hydrogen-bond acceptors (Lipinski definition) is 3. The second kappa shape index (κ2) is 8.14. The third kappa shape index (κ3) is 5.15. The molecule has 156 valence electrons. The Balaban J connectivity index is 1.79. The zero-order chi connectivity index (χ0) is 21.2. The van der Waals surface area contributed by atoms with Crippen molar-refractivity contribution in [2.75, 3.05) is 23.3 Å². The molecule has 2 aromatic carbocycles. The number of hydrogen-bond donors (Lipinski definition) is 1. The summed E-state index contributed by atoms with van der Waals surface area (Å²) >= 11 is 5.89. The van der Waals surface area contributed by atoms with E-state index < -0.39 is 23.2 Å². The Hall–Kier alpha value is -2.41. The lowest BCUT2D eigenvalue weighted by Gasteiger charge is -2.41. The van der Waals surface area contributed by atoms with E-state index in [1.165, 1.54) is 25.1 Å². The standard InChI is InChI=1S/C21H22ClF3N2O2/c1-14(28)26-17-4-3-5-18(19(17)21(23,24)25)27-12-10-20(2,11-13-27)29-16-8-6-15(22)7-9-16/h3-9H,10-13H2,1-2H3,(H,26,28). The third-order valence-corrected chi connectivity index (χ3v) is 5.23. The van der Waals surface area contributed by atoms with Crippen LogP contribution in [-0.2, 0) is 11.0 Å². The van der Waals surface area contributed by atoms with E-state index in [-0.39, 0.29) is 11.4 Å². The highest BCUT2D eigenvalue weighted by molar-refractivity contribution is 6.30. The smallest absolute Gasteiger partial charge is 0.420 e. The highest BCUT2D eigenvalue weighted by Gasteiger charge is 2.40. The van der Waals surface area contributed by atoms with Crippen molar-refractivity contribution in [3.63, 3.8) is 0 Å². The fraction of sp³-hybridized carbons (Fsp3) is 0.381. The first-order valence-electron chi connectivity index (χ1n) is 9.25. The average molecular weight is 427 g/mol. The van der Waals surface area contributed by atoms with Gasteiger partial charge in [0.05, 0.1) is 11.4 Å². The normalized spacial score (nSPS) is 16.4. The van der Waals surface area contributed by atoms with Crippen LogP contribution in [0.3, 0.4) is 0 Å². The first-order valence-corrected chi connectivity index (χ1v) is 9.62. The first kappa shape index (κ1) is 21.3. The highest BCUT2D eigenvalue weighted by atomic mass is 35.5. The molecule has 1 amide bonds. The number of anilines is 2. The largest absolute Gasteiger partial charge is 0.487 e. The molecule has 0 unspecified atom stereocenters. The van der Waals surface area contributed by atoms with Crippen molar-refractivity contribution in [3.05, 3.63) is 53.1 Å². The van der Waals surface area contributed by atoms with Crippen molar-refractivity contribution < 1.29 is 22.7 Å². The van der Waals surface area contributed by atoms with Crippen molar-refractivity contribution >= 4 is 28.9 Å². The molecule has 0 saturated carbocycles. The average Bonchev–Trinajstić information content (AvgIpc) is 2.62. The molecule has 3 rings (SSSR count). The van der Waals surface area contributed by atoms with E-state index in [0.717, 1.165) is 0 Å². The third-order valence-electron chi connectivity index (χ3n) is 4.98. The molecule has 0 aromatic heterocycles. The minimum Gasteiger partial charge on any atom is -0.487 e. The zero-order valence-corrected chi connectivity index (χ0v) is 16.9. The lowest BCUT2D eigenvalue weighted by atomic mass is 9.92. The molecule has 0 radical (unpaired) electrons. The minimum atomic E-state index is -4.59. The molecular weight excluding hydrogens is 405 g/mol. The number of ether oxygens (including phenoxy) is 1. The van der Waals surface area contributed by atoms with Gasteiger partial charge in [-0.3, -0.25) is 4.79 Å². The summed E-state index contributed by atoms with van der Waals surface area (Å²) in [5.41, 5.74) is -1.47. The molecule has 29 heavy (non-hydrogen) atoms. The van der Waals surface area contributed by atoms with Gasteiger partial charge in [-0.15, -0.1) is 0 Å². The second-order valence-electron chi connectivity index (χ2n) is 7.37. The fourth-order valence-electron chi connectivity index (χ4n) is 3.51. The second-order valence-corrected chi connectivity index (χ2v) is 7.81. The number of nitrogens with one attached hydrogen (secondary N) is 1. The molecule has 1 heterocycles. The Morgan fingerprint density at radius 2 is 1.76 bits per heavy atom. The Kier molecular flexibility index (Phi) is 5.98. The molecule has 1 saturated heterocycles. The van der Waals surface area contributed by atoms with Crippen LogP contribution < -0.4 is 15.0 Å². The van der Waals surface area contributed by atoms with Crippen LogP contribution in [0.25, 0.3) is 0 Å². The zero-order valence-electron chi connectivity index (χ0n) is 16.1. The van der Waals surface area contributed by atoms with Gasteiger partial charge in [0, 0.05) is 37.9 Å². The van der Waals surface area contributed by atoms with Crippen molar-refractivity contribution in [2.24, 2.45) is 0 Å². The Morgan fingerprint density at radius 1 is 1.14 bits per heavy atom. The summed E-state index contributed by atoms with van der Waals surface area (Å²) in [6, 6.07) is 11.3. The monoisotopic (exact) mass is 426 g/mol. The number of nitrogens with zero attached hydrogens (tertiary/aromatic N) is 1. The van der Waals surface area contributed by atoms with E-state index in [9.17, 15) is 18.0 Å². The number of amides is 1. The van der Waals surface area contributed by atoms with Gasteiger partial charge >= 0.3 is 6.18 Å². The summed E-state index contributed by atoms with van der Waals surface area (Å²) in [6.07, 6.45) is -3.48. The predicted molar refractivity (Wildman–Crippen MR) is 108 cm³/mol. The highest BCUT2D eigenvalue weighted by Crippen LogP contribution is 2.43. The quantitative estimate of drug-likeness (QED) is 0.676. The van der Waals surface area contributed by atoms with Crippen LogP contribution in [0.1, 0.15) is 32.3 Å². The molecule has 4 nitrogen and oxygen atoms in total. The SMILES string of the molecule is CC(=O)Nc1cccc(N2CCC(C)(Oc3ccc(Cl)cc3)CC2)c1C(F)(F)F. The number of halogens is 4. The van der Waals surface area contributed by atoms with E-state index >= 15 is 0 Å². The molecule has 1 aliphatic heterocycles. The van der Waals surface area contributed by atoms with Gasteiger partial charge in [0.2, 0.25) is 5.91 Å². The van der Waals surface area contributed by atoms with Gasteiger partial charge in [0.1, 0.15) is 16.9 Å². The van der Waals surface area contributed by atoms with Gasteiger partial charge in [-0.2, -0.15) is 13.2 Å². The van der Waals surface area contributed by atoms with Gasteiger partial charge in [-0.1, -0.05) is 17.7 Å². The summed E-state index contributed by atoms with van der Waals surface area (Å²) in [4.78, 5) is 13.0. The van der Waals surface area contributed by atoms with Crippen LogP contribution in [0, 0.1) is 0 Å². The van der Waals surface area contributed by atoms with E-state index in [1.807, 2.05) is 6.92 Å². The molecule has 1 N–H and O–H groups in total. The van der Waals surface area contributed by atoms with Crippen molar-refractivity contribution in [3.8, 4) is 5.75 Å². The van der Waals surface area contributed by atoms with Crippen LogP contribution in [0.4, 0.5) is 24.5 Å². The Morgan fingerprint density at radius 3 is 2.31 bits per heavy atom. The molecule has 8 heteroatoms. The molecular formula is C21H22ClF3N2O2. The van der Waals surface area contributed by atoms with Crippen LogP contribution >= 0.6 is 11.6 Å². The van der Waals surface area contributed by atoms with Crippen LogP contribution in [0.5, 0.6) is 5.75 Å². The fourth-order valence-corrected chi connectivity index (χ4v) is 3.63. The van der Waals surface area contributed by atoms with Crippen LogP contribution in [0.15, 0.2) is 42.5 Å². The number of alkyl halides is 3. The van der Waals surface area contributed by atoms with E-state index in [4.69, 9.17) is 16.3 Å². The van der Waals surface area contributed by atoms with E-state index in [1.54, 1.807) is 29.2 Å². The van der Waals surface area contributed by atoms with Gasteiger partial charge < -0.3 is 15.0 Å². The summed E-state index contributed by atoms with van der Waals surface area (Å²) in [5, 5.41) is 2.90. The number of piperidine rings is 1. The number of rotatable bonds is 4. The molecule has 0 aliphatic carbocycles. The summed E-state index contributed by atoms with van der Waals surface area (Å²) < 4.78 is 47.4. The Labute approximate surface area is 172 Å². The molecule has 2 aromatic rings. The van der Waals surface area contributed by atoms with Gasteiger partial charge in [-0.05, 0) is 43.3 Å². The van der Waals surface area contributed by atoms with Gasteiger partial charge in [0.15, 0.2) is 0 Å². The summed E-state index contributed by atoms with van der Waals surface area (Å²) in [6.45, 7) is 3.94. The molecule has 1 aliphatic rings. The maximum Gasteiger partial charge on any atom is 0.420 e.